The number of carbonyl (C=O) groups excluding carboxylic acids is 2. The fourth-order valence-electron chi connectivity index (χ4n) is 1.35. The number of phenols is 1. The number of ketones is 1. The second kappa shape index (κ2) is 5.15. The maximum atomic E-state index is 13.0. The minimum Gasteiger partial charge on any atom is -0.507 e. The average molecular weight is 280 g/mol. The maximum Gasteiger partial charge on any atom is 0.261 e. The van der Waals surface area contributed by atoms with Crippen molar-refractivity contribution in [3.8, 4) is 5.75 Å². The molecule has 0 saturated carbocycles. The number of thiazole rings is 1. The van der Waals surface area contributed by atoms with E-state index in [1.54, 1.807) is 0 Å². The highest BCUT2D eigenvalue weighted by Gasteiger charge is 2.14. The number of hydrogen-bond donors (Lipinski definition) is 2. The number of Topliss-reactive ketones (excluding diaryl/α,β-unsaturated/α-hetero) is 1. The summed E-state index contributed by atoms with van der Waals surface area (Å²) in [5, 5.41) is 13.6. The molecule has 0 atom stereocenters. The number of phenolic OH excluding ortho intramolecular Hbond substituents is 1. The Hall–Kier alpha value is -2.28. The highest BCUT2D eigenvalue weighted by Crippen LogP contribution is 2.21. The summed E-state index contributed by atoms with van der Waals surface area (Å²) in [5.41, 5.74) is 0.0448. The molecule has 1 aromatic carbocycles. The Balaban J connectivity index is 2.20. The van der Waals surface area contributed by atoms with Crippen molar-refractivity contribution in [1.82, 2.24) is 4.98 Å². The first-order chi connectivity index (χ1) is 8.97. The van der Waals surface area contributed by atoms with Gasteiger partial charge in [0, 0.05) is 12.3 Å². The molecule has 98 valence electrons. The van der Waals surface area contributed by atoms with Crippen LogP contribution >= 0.6 is 11.3 Å². The molecule has 5 nitrogen and oxygen atoms in total. The van der Waals surface area contributed by atoms with Crippen LogP contribution in [0.25, 0.3) is 0 Å². The van der Waals surface area contributed by atoms with Gasteiger partial charge >= 0.3 is 0 Å². The Bertz CT molecular complexity index is 654. The van der Waals surface area contributed by atoms with E-state index in [0.29, 0.717) is 0 Å². The van der Waals surface area contributed by atoms with E-state index in [9.17, 15) is 19.1 Å². The van der Waals surface area contributed by atoms with Crippen LogP contribution in [0.1, 0.15) is 27.8 Å². The molecule has 7 heteroatoms. The molecule has 1 aromatic heterocycles. The topological polar surface area (TPSA) is 79.3 Å². The zero-order valence-electron chi connectivity index (χ0n) is 9.81. The van der Waals surface area contributed by atoms with Gasteiger partial charge in [0.05, 0.1) is 5.56 Å². The van der Waals surface area contributed by atoms with E-state index in [1.807, 2.05) is 0 Å². The normalized spacial score (nSPS) is 10.2. The van der Waals surface area contributed by atoms with Gasteiger partial charge in [-0.05, 0) is 18.2 Å². The minimum atomic E-state index is -0.693. The third kappa shape index (κ3) is 2.94. The van der Waals surface area contributed by atoms with Crippen molar-refractivity contribution in [2.45, 2.75) is 6.92 Å². The fraction of sp³-hybridized carbons (Fsp3) is 0.0833. The Morgan fingerprint density at radius 2 is 2.16 bits per heavy atom. The van der Waals surface area contributed by atoms with Gasteiger partial charge in [-0.2, -0.15) is 0 Å². The lowest BCUT2D eigenvalue weighted by molar-refractivity contribution is 0.100. The molecular weight excluding hydrogens is 271 g/mol. The summed E-state index contributed by atoms with van der Waals surface area (Å²) < 4.78 is 13.0. The van der Waals surface area contributed by atoms with E-state index in [1.165, 1.54) is 12.3 Å². The SMILES string of the molecule is CC(=O)c1csc(NC(=O)c2cc(F)ccc2O)n1. The van der Waals surface area contributed by atoms with Crippen LogP contribution in [0.3, 0.4) is 0 Å². The summed E-state index contributed by atoms with van der Waals surface area (Å²) in [4.78, 5) is 26.8. The van der Waals surface area contributed by atoms with E-state index in [0.717, 1.165) is 29.5 Å². The number of amides is 1. The number of anilines is 1. The van der Waals surface area contributed by atoms with Crippen molar-refractivity contribution in [3.05, 3.63) is 40.7 Å². The first-order valence-corrected chi connectivity index (χ1v) is 6.11. The summed E-state index contributed by atoms with van der Waals surface area (Å²) in [6, 6.07) is 3.06. The Kier molecular flexibility index (Phi) is 3.57. The van der Waals surface area contributed by atoms with Crippen molar-refractivity contribution in [1.29, 1.82) is 0 Å². The molecule has 0 bridgehead atoms. The van der Waals surface area contributed by atoms with Gasteiger partial charge in [-0.3, -0.25) is 14.9 Å². The molecule has 0 fully saturated rings. The predicted octanol–water partition coefficient (Wildman–Crippen LogP) is 2.44. The number of carbonyl (C=O) groups is 2. The van der Waals surface area contributed by atoms with Gasteiger partial charge in [0.25, 0.3) is 5.91 Å². The molecule has 0 radical (unpaired) electrons. The molecule has 0 unspecified atom stereocenters. The summed E-state index contributed by atoms with van der Waals surface area (Å²) in [6.45, 7) is 1.36. The van der Waals surface area contributed by atoms with Gasteiger partial charge < -0.3 is 5.11 Å². The van der Waals surface area contributed by atoms with Crippen molar-refractivity contribution in [2.24, 2.45) is 0 Å². The van der Waals surface area contributed by atoms with Crippen LogP contribution in [0, 0.1) is 5.82 Å². The molecule has 1 heterocycles. The fourth-order valence-corrected chi connectivity index (χ4v) is 2.09. The number of aromatic nitrogens is 1. The van der Waals surface area contributed by atoms with Gasteiger partial charge in [0.15, 0.2) is 10.9 Å². The molecule has 0 saturated heterocycles. The Morgan fingerprint density at radius 1 is 1.42 bits per heavy atom. The average Bonchev–Trinajstić information content (AvgIpc) is 2.80. The third-order valence-corrected chi connectivity index (χ3v) is 3.05. The third-order valence-electron chi connectivity index (χ3n) is 2.29. The number of nitrogens with one attached hydrogen (secondary N) is 1. The summed E-state index contributed by atoms with van der Waals surface area (Å²) >= 11 is 1.07. The quantitative estimate of drug-likeness (QED) is 0.846. The summed E-state index contributed by atoms with van der Waals surface area (Å²) in [5.74, 6) is -1.87. The second-order valence-electron chi connectivity index (χ2n) is 3.71. The van der Waals surface area contributed by atoms with E-state index in [2.05, 4.69) is 10.3 Å². The van der Waals surface area contributed by atoms with E-state index in [4.69, 9.17) is 0 Å². The molecule has 0 aliphatic carbocycles. The molecule has 2 rings (SSSR count). The maximum absolute atomic E-state index is 13.0. The van der Waals surface area contributed by atoms with Gasteiger partial charge in [0.1, 0.15) is 17.3 Å². The van der Waals surface area contributed by atoms with E-state index < -0.39 is 11.7 Å². The lowest BCUT2D eigenvalue weighted by Gasteiger charge is -2.04. The van der Waals surface area contributed by atoms with Gasteiger partial charge in [-0.1, -0.05) is 0 Å². The van der Waals surface area contributed by atoms with Crippen LogP contribution in [0.4, 0.5) is 9.52 Å². The van der Waals surface area contributed by atoms with Crippen LogP contribution in [0.2, 0.25) is 0 Å². The number of rotatable bonds is 3. The zero-order chi connectivity index (χ0) is 14.0. The molecule has 2 aromatic rings. The number of benzene rings is 1. The highest BCUT2D eigenvalue weighted by atomic mass is 32.1. The predicted molar refractivity (Wildman–Crippen MR) is 68.1 cm³/mol. The van der Waals surface area contributed by atoms with Gasteiger partial charge in [-0.25, -0.2) is 9.37 Å². The van der Waals surface area contributed by atoms with Crippen molar-refractivity contribution in [2.75, 3.05) is 5.32 Å². The van der Waals surface area contributed by atoms with Crippen molar-refractivity contribution in [3.63, 3.8) is 0 Å². The first kappa shape index (κ1) is 13.2. The lowest BCUT2D eigenvalue weighted by atomic mass is 10.2. The number of aromatic hydroxyl groups is 1. The van der Waals surface area contributed by atoms with Crippen LogP contribution in [-0.4, -0.2) is 21.8 Å². The molecule has 1 amide bonds. The Labute approximate surface area is 111 Å². The standard InChI is InChI=1S/C12H9FN2O3S/c1-6(16)9-5-19-12(14-9)15-11(18)8-4-7(13)2-3-10(8)17/h2-5,17H,1H3,(H,14,15,18). The molecule has 0 aliphatic heterocycles. The number of halogens is 1. The van der Waals surface area contributed by atoms with E-state index in [-0.39, 0.29) is 27.9 Å². The van der Waals surface area contributed by atoms with Crippen LogP contribution < -0.4 is 5.32 Å². The smallest absolute Gasteiger partial charge is 0.261 e. The van der Waals surface area contributed by atoms with Gasteiger partial charge in [0.2, 0.25) is 0 Å². The molecule has 0 aliphatic rings. The van der Waals surface area contributed by atoms with Crippen molar-refractivity contribution < 1.29 is 19.1 Å². The van der Waals surface area contributed by atoms with Crippen LogP contribution in [0.5, 0.6) is 5.75 Å². The zero-order valence-corrected chi connectivity index (χ0v) is 10.6. The molecule has 0 spiro atoms. The molecule has 19 heavy (non-hydrogen) atoms. The van der Waals surface area contributed by atoms with Crippen LogP contribution in [-0.2, 0) is 0 Å². The lowest BCUT2D eigenvalue weighted by Crippen LogP contribution is -2.12. The van der Waals surface area contributed by atoms with E-state index >= 15 is 0 Å². The number of hydrogen-bond acceptors (Lipinski definition) is 5. The second-order valence-corrected chi connectivity index (χ2v) is 4.57. The molecule has 2 N–H and O–H groups in total. The van der Waals surface area contributed by atoms with Gasteiger partial charge in [-0.15, -0.1) is 11.3 Å². The highest BCUT2D eigenvalue weighted by molar-refractivity contribution is 7.14. The minimum absolute atomic E-state index is 0.195. The van der Waals surface area contributed by atoms with Crippen LogP contribution in [0.15, 0.2) is 23.6 Å². The number of nitrogens with zero attached hydrogens (tertiary/aromatic N) is 1. The van der Waals surface area contributed by atoms with Crippen molar-refractivity contribution >= 4 is 28.2 Å². The Morgan fingerprint density at radius 3 is 2.79 bits per heavy atom. The first-order valence-electron chi connectivity index (χ1n) is 5.23. The monoisotopic (exact) mass is 280 g/mol. The summed E-state index contributed by atoms with van der Waals surface area (Å²) in [7, 11) is 0. The summed E-state index contributed by atoms with van der Waals surface area (Å²) in [6.07, 6.45) is 0. The largest absolute Gasteiger partial charge is 0.507 e. The molecular formula is C12H9FN2O3S.